The first-order valence-electron chi connectivity index (χ1n) is 6.81. The highest BCUT2D eigenvalue weighted by Crippen LogP contribution is 2.37. The fourth-order valence-electron chi connectivity index (χ4n) is 1.91. The van der Waals surface area contributed by atoms with Crippen molar-refractivity contribution in [3.8, 4) is 5.75 Å². The Morgan fingerprint density at radius 2 is 1.96 bits per heavy atom. The Morgan fingerprint density at radius 1 is 1.27 bits per heavy atom. The summed E-state index contributed by atoms with van der Waals surface area (Å²) in [5.41, 5.74) is -2.69. The molecule has 0 fully saturated rings. The van der Waals surface area contributed by atoms with E-state index < -0.39 is 40.6 Å². The lowest BCUT2D eigenvalue weighted by atomic mass is 10.1. The van der Waals surface area contributed by atoms with Crippen molar-refractivity contribution in [3.05, 3.63) is 61.6 Å². The van der Waals surface area contributed by atoms with Gasteiger partial charge in [0.05, 0.1) is 21.2 Å². The molecule has 2 rings (SSSR count). The molecule has 0 aliphatic heterocycles. The standard InChI is InChI=1S/C15H9BrClF3N2O4/c16-8-1-4-13(11(17)5-8)26-7-14(23)21-12-3-2-9(22(24)25)6-10(12)15(18,19)20/h1-6H,7H2,(H,21,23). The largest absolute Gasteiger partial charge is 0.482 e. The van der Waals surface area contributed by atoms with E-state index in [-0.39, 0.29) is 10.8 Å². The number of hydrogen-bond acceptors (Lipinski definition) is 4. The lowest BCUT2D eigenvalue weighted by Crippen LogP contribution is -2.22. The maximum Gasteiger partial charge on any atom is 0.418 e. The van der Waals surface area contributed by atoms with Gasteiger partial charge < -0.3 is 10.1 Å². The maximum absolute atomic E-state index is 13.1. The number of nitrogens with zero attached hydrogens (tertiary/aromatic N) is 1. The number of nitro groups is 1. The van der Waals surface area contributed by atoms with Gasteiger partial charge in [-0.3, -0.25) is 14.9 Å². The van der Waals surface area contributed by atoms with Gasteiger partial charge in [-0.05, 0) is 24.3 Å². The van der Waals surface area contributed by atoms with Gasteiger partial charge in [0.25, 0.3) is 11.6 Å². The van der Waals surface area contributed by atoms with Crippen LogP contribution in [-0.4, -0.2) is 17.4 Å². The molecule has 0 aliphatic rings. The highest BCUT2D eigenvalue weighted by atomic mass is 79.9. The van der Waals surface area contributed by atoms with Crippen LogP contribution in [0.4, 0.5) is 24.5 Å². The van der Waals surface area contributed by atoms with Gasteiger partial charge in [0.15, 0.2) is 6.61 Å². The summed E-state index contributed by atoms with van der Waals surface area (Å²) in [6.45, 7) is -0.602. The number of halogens is 5. The van der Waals surface area contributed by atoms with Crippen LogP contribution < -0.4 is 10.1 Å². The second-order valence-corrected chi connectivity index (χ2v) is 6.22. The summed E-state index contributed by atoms with van der Waals surface area (Å²) in [5, 5.41) is 12.9. The van der Waals surface area contributed by atoms with Gasteiger partial charge in [0.2, 0.25) is 0 Å². The molecular formula is C15H9BrClF3N2O4. The number of benzene rings is 2. The van der Waals surface area contributed by atoms with E-state index in [1.807, 2.05) is 5.32 Å². The summed E-state index contributed by atoms with van der Waals surface area (Å²) in [5.74, 6) is -0.715. The highest BCUT2D eigenvalue weighted by molar-refractivity contribution is 9.10. The molecule has 0 aliphatic carbocycles. The van der Waals surface area contributed by atoms with Crippen molar-refractivity contribution in [3.63, 3.8) is 0 Å². The van der Waals surface area contributed by atoms with Crippen LogP contribution in [0.15, 0.2) is 40.9 Å². The quantitative estimate of drug-likeness (QED) is 0.508. The first-order valence-corrected chi connectivity index (χ1v) is 7.98. The van der Waals surface area contributed by atoms with Gasteiger partial charge in [-0.25, -0.2) is 0 Å². The minimum atomic E-state index is -4.88. The van der Waals surface area contributed by atoms with Gasteiger partial charge >= 0.3 is 6.18 Å². The molecule has 0 saturated carbocycles. The van der Waals surface area contributed by atoms with Crippen molar-refractivity contribution in [1.82, 2.24) is 0 Å². The lowest BCUT2D eigenvalue weighted by Gasteiger charge is -2.14. The molecule has 0 aromatic heterocycles. The van der Waals surface area contributed by atoms with Crippen molar-refractivity contribution >= 4 is 44.8 Å². The molecule has 1 N–H and O–H groups in total. The van der Waals surface area contributed by atoms with E-state index in [1.165, 1.54) is 12.1 Å². The summed E-state index contributed by atoms with van der Waals surface area (Å²) in [6, 6.07) is 6.63. The smallest absolute Gasteiger partial charge is 0.418 e. The first-order chi connectivity index (χ1) is 12.1. The second kappa shape index (κ2) is 7.92. The Bertz CT molecular complexity index is 861. The van der Waals surface area contributed by atoms with Gasteiger partial charge in [-0.2, -0.15) is 13.2 Å². The molecule has 2 aromatic rings. The van der Waals surface area contributed by atoms with Crippen molar-refractivity contribution in [2.24, 2.45) is 0 Å². The van der Waals surface area contributed by atoms with Gasteiger partial charge in [-0.1, -0.05) is 27.5 Å². The second-order valence-electron chi connectivity index (χ2n) is 4.90. The SMILES string of the molecule is O=C(COc1ccc(Br)cc1Cl)Nc1ccc([N+](=O)[O-])cc1C(F)(F)F. The van der Waals surface area contributed by atoms with Crippen LogP contribution in [-0.2, 0) is 11.0 Å². The molecule has 0 radical (unpaired) electrons. The van der Waals surface area contributed by atoms with Crippen molar-refractivity contribution in [1.29, 1.82) is 0 Å². The zero-order valence-corrected chi connectivity index (χ0v) is 15.0. The van der Waals surface area contributed by atoms with Crippen LogP contribution in [0.5, 0.6) is 5.75 Å². The monoisotopic (exact) mass is 452 g/mol. The van der Waals surface area contributed by atoms with E-state index in [0.717, 1.165) is 12.1 Å². The first kappa shape index (κ1) is 20.0. The zero-order valence-electron chi connectivity index (χ0n) is 12.6. The van der Waals surface area contributed by atoms with Crippen molar-refractivity contribution in [2.45, 2.75) is 6.18 Å². The number of anilines is 1. The number of rotatable bonds is 5. The topological polar surface area (TPSA) is 81.5 Å². The van der Waals surface area contributed by atoms with Crippen LogP contribution in [0.2, 0.25) is 5.02 Å². The van der Waals surface area contributed by atoms with E-state index in [2.05, 4.69) is 15.9 Å². The summed E-state index contributed by atoms with van der Waals surface area (Å²) in [4.78, 5) is 21.6. The Hall–Kier alpha value is -2.33. The summed E-state index contributed by atoms with van der Waals surface area (Å²) < 4.78 is 45.0. The fourth-order valence-corrected chi connectivity index (χ4v) is 2.64. The van der Waals surface area contributed by atoms with Crippen LogP contribution in [0.1, 0.15) is 5.56 Å². The lowest BCUT2D eigenvalue weighted by molar-refractivity contribution is -0.385. The molecule has 0 unspecified atom stereocenters. The van der Waals surface area contributed by atoms with E-state index in [9.17, 15) is 28.1 Å². The molecular weight excluding hydrogens is 445 g/mol. The van der Waals surface area contributed by atoms with E-state index in [0.29, 0.717) is 10.5 Å². The average molecular weight is 454 g/mol. The number of ether oxygens (including phenoxy) is 1. The van der Waals surface area contributed by atoms with Crippen LogP contribution >= 0.6 is 27.5 Å². The fraction of sp³-hybridized carbons (Fsp3) is 0.133. The van der Waals surface area contributed by atoms with E-state index in [1.54, 1.807) is 6.07 Å². The number of alkyl halides is 3. The van der Waals surface area contributed by atoms with Crippen molar-refractivity contribution in [2.75, 3.05) is 11.9 Å². The van der Waals surface area contributed by atoms with Gasteiger partial charge in [0.1, 0.15) is 5.75 Å². The molecule has 1 amide bonds. The molecule has 0 heterocycles. The molecule has 6 nitrogen and oxygen atoms in total. The summed E-state index contributed by atoms with van der Waals surface area (Å²) in [7, 11) is 0. The van der Waals surface area contributed by atoms with Crippen molar-refractivity contribution < 1.29 is 27.6 Å². The summed E-state index contributed by atoms with van der Waals surface area (Å²) >= 11 is 9.10. The number of nitro benzene ring substituents is 1. The maximum atomic E-state index is 13.1. The Balaban J connectivity index is 2.14. The Kier molecular flexibility index (Phi) is 6.09. The molecule has 0 spiro atoms. The normalized spacial score (nSPS) is 11.1. The number of hydrogen-bond donors (Lipinski definition) is 1. The molecule has 2 aromatic carbocycles. The number of non-ortho nitro benzene ring substituents is 1. The van der Waals surface area contributed by atoms with Crippen LogP contribution in [0.3, 0.4) is 0 Å². The Morgan fingerprint density at radius 3 is 2.54 bits per heavy atom. The molecule has 138 valence electrons. The van der Waals surface area contributed by atoms with Crippen LogP contribution in [0, 0.1) is 10.1 Å². The van der Waals surface area contributed by atoms with Gasteiger partial charge in [0, 0.05) is 16.6 Å². The predicted molar refractivity (Wildman–Crippen MR) is 91.4 cm³/mol. The molecule has 26 heavy (non-hydrogen) atoms. The number of amides is 1. The molecule has 11 heteroatoms. The zero-order chi connectivity index (χ0) is 19.5. The third-order valence-electron chi connectivity index (χ3n) is 3.05. The minimum Gasteiger partial charge on any atom is -0.482 e. The molecule has 0 saturated heterocycles. The van der Waals surface area contributed by atoms with Gasteiger partial charge in [-0.15, -0.1) is 0 Å². The molecule has 0 bridgehead atoms. The highest BCUT2D eigenvalue weighted by Gasteiger charge is 2.35. The average Bonchev–Trinajstić information content (AvgIpc) is 2.53. The third kappa shape index (κ3) is 5.09. The van der Waals surface area contributed by atoms with E-state index >= 15 is 0 Å². The number of carbonyl (C=O) groups is 1. The van der Waals surface area contributed by atoms with E-state index in [4.69, 9.17) is 16.3 Å². The third-order valence-corrected chi connectivity index (χ3v) is 3.83. The Labute approximate surface area is 158 Å². The number of carbonyl (C=O) groups excluding carboxylic acids is 1. The predicted octanol–water partition coefficient (Wildman–Crippen LogP) is 5.05. The minimum absolute atomic E-state index is 0.171. The molecule has 0 atom stereocenters. The summed E-state index contributed by atoms with van der Waals surface area (Å²) in [6.07, 6.45) is -4.88. The van der Waals surface area contributed by atoms with Crippen LogP contribution in [0.25, 0.3) is 0 Å². The number of nitrogens with one attached hydrogen (secondary N) is 1.